The standard InChI is InChI=1S/C16H23FO2/c1-13(2)12-19-15-8-9-16(17)14(11-15)7-5-3-4-6-10-18/h8-11,13H,3-7,12H2,1-2H3. The van der Waals surface area contributed by atoms with Crippen molar-refractivity contribution >= 4 is 6.29 Å². The molecule has 0 saturated carbocycles. The summed E-state index contributed by atoms with van der Waals surface area (Å²) in [5.41, 5.74) is 0.701. The minimum atomic E-state index is -0.174. The Kier molecular flexibility index (Phi) is 7.16. The Morgan fingerprint density at radius 1 is 1.26 bits per heavy atom. The van der Waals surface area contributed by atoms with E-state index in [9.17, 15) is 9.18 Å². The van der Waals surface area contributed by atoms with Crippen LogP contribution in [-0.4, -0.2) is 12.9 Å². The lowest BCUT2D eigenvalue weighted by Crippen LogP contribution is -2.05. The van der Waals surface area contributed by atoms with Crippen molar-refractivity contribution in [1.82, 2.24) is 0 Å². The summed E-state index contributed by atoms with van der Waals surface area (Å²) in [6.07, 6.45) is 4.97. The number of hydrogen-bond donors (Lipinski definition) is 0. The molecule has 0 aliphatic rings. The molecule has 3 heteroatoms. The predicted octanol–water partition coefficient (Wildman–Crippen LogP) is 4.16. The summed E-state index contributed by atoms with van der Waals surface area (Å²) >= 11 is 0. The van der Waals surface area contributed by atoms with Gasteiger partial charge >= 0.3 is 0 Å². The van der Waals surface area contributed by atoms with Crippen LogP contribution in [0.4, 0.5) is 4.39 Å². The molecule has 1 aromatic carbocycles. The second kappa shape index (κ2) is 8.68. The van der Waals surface area contributed by atoms with Crippen LogP contribution in [0.3, 0.4) is 0 Å². The lowest BCUT2D eigenvalue weighted by Gasteiger charge is -2.10. The van der Waals surface area contributed by atoms with Crippen molar-refractivity contribution in [3.05, 3.63) is 29.6 Å². The van der Waals surface area contributed by atoms with Crippen molar-refractivity contribution in [2.24, 2.45) is 5.92 Å². The van der Waals surface area contributed by atoms with Crippen LogP contribution in [0.5, 0.6) is 5.75 Å². The van der Waals surface area contributed by atoms with Crippen LogP contribution in [-0.2, 0) is 11.2 Å². The average Bonchev–Trinajstić information content (AvgIpc) is 2.39. The Hall–Kier alpha value is -1.38. The molecule has 0 atom stereocenters. The van der Waals surface area contributed by atoms with E-state index >= 15 is 0 Å². The molecule has 0 unspecified atom stereocenters. The third-order valence-electron chi connectivity index (χ3n) is 2.87. The Bertz CT molecular complexity index is 388. The van der Waals surface area contributed by atoms with Crippen LogP contribution in [0.15, 0.2) is 18.2 Å². The van der Waals surface area contributed by atoms with E-state index in [2.05, 4.69) is 13.8 Å². The molecule has 0 aliphatic heterocycles. The van der Waals surface area contributed by atoms with E-state index in [0.29, 0.717) is 30.9 Å². The van der Waals surface area contributed by atoms with Gasteiger partial charge in [-0.1, -0.05) is 20.3 Å². The van der Waals surface area contributed by atoms with Gasteiger partial charge in [0.2, 0.25) is 0 Å². The third-order valence-corrected chi connectivity index (χ3v) is 2.87. The highest BCUT2D eigenvalue weighted by Crippen LogP contribution is 2.19. The van der Waals surface area contributed by atoms with Crippen LogP contribution in [0.25, 0.3) is 0 Å². The lowest BCUT2D eigenvalue weighted by molar-refractivity contribution is -0.107. The van der Waals surface area contributed by atoms with Gasteiger partial charge in [0.05, 0.1) is 6.61 Å². The second-order valence-corrected chi connectivity index (χ2v) is 5.22. The summed E-state index contributed by atoms with van der Waals surface area (Å²) in [5.74, 6) is 1.02. The Morgan fingerprint density at radius 3 is 2.74 bits per heavy atom. The number of rotatable bonds is 9. The minimum Gasteiger partial charge on any atom is -0.493 e. The van der Waals surface area contributed by atoms with Crippen LogP contribution >= 0.6 is 0 Å². The first-order chi connectivity index (χ1) is 9.13. The van der Waals surface area contributed by atoms with Crippen molar-refractivity contribution in [3.8, 4) is 5.75 Å². The first kappa shape index (κ1) is 15.7. The number of aldehydes is 1. The van der Waals surface area contributed by atoms with Gasteiger partial charge in [-0.2, -0.15) is 0 Å². The highest BCUT2D eigenvalue weighted by atomic mass is 19.1. The lowest BCUT2D eigenvalue weighted by atomic mass is 10.1. The van der Waals surface area contributed by atoms with Gasteiger partial charge in [0.25, 0.3) is 0 Å². The van der Waals surface area contributed by atoms with Crippen molar-refractivity contribution in [2.75, 3.05) is 6.61 Å². The van der Waals surface area contributed by atoms with Gasteiger partial charge in [0, 0.05) is 6.42 Å². The van der Waals surface area contributed by atoms with Gasteiger partial charge in [0.1, 0.15) is 17.9 Å². The fraction of sp³-hybridized carbons (Fsp3) is 0.562. The molecular weight excluding hydrogens is 243 g/mol. The Morgan fingerprint density at radius 2 is 2.05 bits per heavy atom. The monoisotopic (exact) mass is 266 g/mol. The van der Waals surface area contributed by atoms with Gasteiger partial charge in [-0.3, -0.25) is 0 Å². The van der Waals surface area contributed by atoms with Gasteiger partial charge in [-0.05, 0) is 48.9 Å². The van der Waals surface area contributed by atoms with Crippen molar-refractivity contribution in [3.63, 3.8) is 0 Å². The Balaban J connectivity index is 2.46. The van der Waals surface area contributed by atoms with Gasteiger partial charge in [-0.15, -0.1) is 0 Å². The second-order valence-electron chi connectivity index (χ2n) is 5.22. The van der Waals surface area contributed by atoms with E-state index in [1.54, 1.807) is 12.1 Å². The number of aryl methyl sites for hydroxylation is 1. The summed E-state index contributed by atoms with van der Waals surface area (Å²) < 4.78 is 19.2. The first-order valence-corrected chi connectivity index (χ1v) is 6.98. The molecule has 0 saturated heterocycles. The van der Waals surface area contributed by atoms with E-state index in [1.165, 1.54) is 6.07 Å². The van der Waals surface area contributed by atoms with Crippen molar-refractivity contribution in [2.45, 2.75) is 46.0 Å². The molecule has 1 aromatic rings. The molecule has 19 heavy (non-hydrogen) atoms. The van der Waals surface area contributed by atoms with E-state index in [4.69, 9.17) is 4.74 Å². The van der Waals surface area contributed by atoms with E-state index in [-0.39, 0.29) is 5.82 Å². The fourth-order valence-corrected chi connectivity index (χ4v) is 1.82. The van der Waals surface area contributed by atoms with Crippen LogP contribution in [0.2, 0.25) is 0 Å². The zero-order chi connectivity index (χ0) is 14.1. The molecule has 0 heterocycles. The van der Waals surface area contributed by atoms with Gasteiger partial charge < -0.3 is 9.53 Å². The number of hydrogen-bond acceptors (Lipinski definition) is 2. The number of unbranched alkanes of at least 4 members (excludes halogenated alkanes) is 3. The normalized spacial score (nSPS) is 10.7. The number of halogens is 1. The molecule has 0 bridgehead atoms. The summed E-state index contributed by atoms with van der Waals surface area (Å²) in [5, 5.41) is 0. The number of benzene rings is 1. The molecule has 2 nitrogen and oxygen atoms in total. The maximum Gasteiger partial charge on any atom is 0.126 e. The van der Waals surface area contributed by atoms with Gasteiger partial charge in [0.15, 0.2) is 0 Å². The van der Waals surface area contributed by atoms with Crippen LogP contribution < -0.4 is 4.74 Å². The van der Waals surface area contributed by atoms with Crippen molar-refractivity contribution < 1.29 is 13.9 Å². The molecule has 1 rings (SSSR count). The number of carbonyl (C=O) groups excluding carboxylic acids is 1. The first-order valence-electron chi connectivity index (χ1n) is 6.98. The molecule has 0 N–H and O–H groups in total. The summed E-state index contributed by atoms with van der Waals surface area (Å²) in [4.78, 5) is 10.2. The van der Waals surface area contributed by atoms with Crippen LogP contribution in [0.1, 0.15) is 45.1 Å². The molecule has 0 spiro atoms. The minimum absolute atomic E-state index is 0.174. The predicted molar refractivity (Wildman–Crippen MR) is 75.0 cm³/mol. The molecule has 106 valence electrons. The summed E-state index contributed by atoms with van der Waals surface area (Å²) in [7, 11) is 0. The fourth-order valence-electron chi connectivity index (χ4n) is 1.82. The quantitative estimate of drug-likeness (QED) is 0.495. The van der Waals surface area contributed by atoms with Crippen LogP contribution in [0, 0.1) is 11.7 Å². The molecule has 0 amide bonds. The molecule has 0 fully saturated rings. The number of carbonyl (C=O) groups is 1. The largest absolute Gasteiger partial charge is 0.493 e. The topological polar surface area (TPSA) is 26.3 Å². The molecule has 0 aliphatic carbocycles. The van der Waals surface area contributed by atoms with E-state index in [0.717, 1.165) is 31.3 Å². The number of ether oxygens (including phenoxy) is 1. The maximum atomic E-state index is 13.6. The smallest absolute Gasteiger partial charge is 0.126 e. The van der Waals surface area contributed by atoms with E-state index in [1.807, 2.05) is 0 Å². The summed E-state index contributed by atoms with van der Waals surface area (Å²) in [6, 6.07) is 4.93. The van der Waals surface area contributed by atoms with Gasteiger partial charge in [-0.25, -0.2) is 4.39 Å². The molecular formula is C16H23FO2. The van der Waals surface area contributed by atoms with E-state index < -0.39 is 0 Å². The summed E-state index contributed by atoms with van der Waals surface area (Å²) in [6.45, 7) is 4.80. The highest BCUT2D eigenvalue weighted by Gasteiger charge is 2.05. The zero-order valence-corrected chi connectivity index (χ0v) is 11.8. The molecule has 0 radical (unpaired) electrons. The average molecular weight is 266 g/mol. The maximum absolute atomic E-state index is 13.6. The van der Waals surface area contributed by atoms with Crippen molar-refractivity contribution in [1.29, 1.82) is 0 Å². The molecule has 0 aromatic heterocycles. The zero-order valence-electron chi connectivity index (χ0n) is 11.8. The highest BCUT2D eigenvalue weighted by molar-refractivity contribution is 5.48. The SMILES string of the molecule is CC(C)COc1ccc(F)c(CCCCCC=O)c1. The Labute approximate surface area is 115 Å². The third kappa shape index (κ3) is 6.37.